The van der Waals surface area contributed by atoms with Gasteiger partial charge in [0, 0.05) is 0 Å². The molecule has 1 fully saturated rings. The van der Waals surface area contributed by atoms with E-state index in [1.54, 1.807) is 0 Å². The lowest BCUT2D eigenvalue weighted by Crippen LogP contribution is -2.57. The van der Waals surface area contributed by atoms with Gasteiger partial charge in [-0.3, -0.25) is 0 Å². The monoisotopic (exact) mass is 313 g/mol. The summed E-state index contributed by atoms with van der Waals surface area (Å²) < 4.78 is 9.56. The SMILES string of the molecule is C=CCC(NC(=O)NN1C(=O)OC[C@@H]1C(C)(C)C)C(=O)OC. The first-order valence-corrected chi connectivity index (χ1v) is 6.92. The lowest BCUT2D eigenvalue weighted by molar-refractivity contribution is -0.142. The van der Waals surface area contributed by atoms with E-state index in [1.807, 2.05) is 20.8 Å². The molecular weight excluding hydrogens is 290 g/mol. The maximum absolute atomic E-state index is 12.0. The Morgan fingerprint density at radius 1 is 1.55 bits per heavy atom. The number of ether oxygens (including phenoxy) is 2. The number of esters is 1. The third-order valence-corrected chi connectivity index (χ3v) is 3.29. The van der Waals surface area contributed by atoms with Crippen molar-refractivity contribution in [1.82, 2.24) is 15.8 Å². The smallest absolute Gasteiger partial charge is 0.429 e. The van der Waals surface area contributed by atoms with Crippen LogP contribution in [0.15, 0.2) is 12.7 Å². The molecule has 1 aliphatic heterocycles. The number of nitrogens with one attached hydrogen (secondary N) is 2. The van der Waals surface area contributed by atoms with Gasteiger partial charge >= 0.3 is 18.1 Å². The zero-order valence-corrected chi connectivity index (χ0v) is 13.3. The lowest BCUT2D eigenvalue weighted by Gasteiger charge is -2.32. The van der Waals surface area contributed by atoms with Crippen molar-refractivity contribution in [3.05, 3.63) is 12.7 Å². The van der Waals surface area contributed by atoms with E-state index in [9.17, 15) is 14.4 Å². The number of urea groups is 1. The number of methoxy groups -OCH3 is 1. The minimum absolute atomic E-state index is 0.190. The van der Waals surface area contributed by atoms with E-state index in [0.717, 1.165) is 5.01 Å². The highest BCUT2D eigenvalue weighted by Gasteiger charge is 2.42. The molecule has 1 unspecified atom stereocenters. The van der Waals surface area contributed by atoms with Crippen LogP contribution >= 0.6 is 0 Å². The summed E-state index contributed by atoms with van der Waals surface area (Å²) in [4.78, 5) is 35.3. The average Bonchev–Trinajstić information content (AvgIpc) is 2.78. The second-order valence-corrected chi connectivity index (χ2v) is 6.01. The van der Waals surface area contributed by atoms with Crippen LogP contribution in [0.3, 0.4) is 0 Å². The van der Waals surface area contributed by atoms with Gasteiger partial charge in [-0.05, 0) is 11.8 Å². The summed E-state index contributed by atoms with van der Waals surface area (Å²) in [6, 6.07) is -1.86. The molecule has 8 heteroatoms. The zero-order chi connectivity index (χ0) is 16.9. The molecule has 1 aliphatic rings. The van der Waals surface area contributed by atoms with Gasteiger partial charge in [0.05, 0.1) is 13.2 Å². The molecule has 2 N–H and O–H groups in total. The second-order valence-electron chi connectivity index (χ2n) is 6.01. The van der Waals surface area contributed by atoms with Crippen molar-refractivity contribution in [2.45, 2.75) is 39.3 Å². The van der Waals surface area contributed by atoms with Crippen molar-refractivity contribution < 1.29 is 23.9 Å². The molecule has 0 bridgehead atoms. The Balaban J connectivity index is 2.71. The van der Waals surface area contributed by atoms with Gasteiger partial charge in [-0.1, -0.05) is 26.8 Å². The normalized spacial score (nSPS) is 19.2. The molecule has 0 radical (unpaired) electrons. The number of hydrogen-bond donors (Lipinski definition) is 2. The van der Waals surface area contributed by atoms with Crippen LogP contribution in [0.2, 0.25) is 0 Å². The molecule has 1 heterocycles. The van der Waals surface area contributed by atoms with Crippen molar-refractivity contribution in [3.8, 4) is 0 Å². The summed E-state index contributed by atoms with van der Waals surface area (Å²) in [7, 11) is 1.23. The fraction of sp³-hybridized carbons (Fsp3) is 0.643. The van der Waals surface area contributed by atoms with E-state index in [4.69, 9.17) is 4.74 Å². The second kappa shape index (κ2) is 7.15. The van der Waals surface area contributed by atoms with Crippen LogP contribution in [-0.4, -0.2) is 48.9 Å². The fourth-order valence-electron chi connectivity index (χ4n) is 2.01. The van der Waals surface area contributed by atoms with Gasteiger partial charge in [0.15, 0.2) is 0 Å². The third-order valence-electron chi connectivity index (χ3n) is 3.29. The number of rotatable bonds is 5. The summed E-state index contributed by atoms with van der Waals surface area (Å²) in [6.07, 6.45) is 1.07. The highest BCUT2D eigenvalue weighted by atomic mass is 16.6. The molecule has 22 heavy (non-hydrogen) atoms. The third kappa shape index (κ3) is 4.37. The average molecular weight is 313 g/mol. The van der Waals surface area contributed by atoms with E-state index in [-0.39, 0.29) is 24.5 Å². The summed E-state index contributed by atoms with van der Waals surface area (Å²) in [5, 5.41) is 3.58. The van der Waals surface area contributed by atoms with E-state index in [1.165, 1.54) is 13.2 Å². The molecule has 1 rings (SSSR count). The van der Waals surface area contributed by atoms with Crippen molar-refractivity contribution >= 4 is 18.1 Å². The van der Waals surface area contributed by atoms with Crippen LogP contribution in [0, 0.1) is 5.41 Å². The van der Waals surface area contributed by atoms with Crippen LogP contribution in [0.4, 0.5) is 9.59 Å². The van der Waals surface area contributed by atoms with E-state index >= 15 is 0 Å². The first-order valence-electron chi connectivity index (χ1n) is 6.92. The molecule has 0 aromatic heterocycles. The summed E-state index contributed by atoms with van der Waals surface area (Å²) in [5.41, 5.74) is 2.14. The van der Waals surface area contributed by atoms with Crippen LogP contribution < -0.4 is 10.7 Å². The van der Waals surface area contributed by atoms with Gasteiger partial charge in [0.2, 0.25) is 0 Å². The lowest BCUT2D eigenvalue weighted by atomic mass is 9.87. The topological polar surface area (TPSA) is 97.0 Å². The Morgan fingerprint density at radius 2 is 2.18 bits per heavy atom. The van der Waals surface area contributed by atoms with Gasteiger partial charge in [-0.2, -0.15) is 0 Å². The van der Waals surface area contributed by atoms with Crippen LogP contribution in [0.25, 0.3) is 0 Å². The maximum atomic E-state index is 12.0. The minimum Gasteiger partial charge on any atom is -0.467 e. The highest BCUT2D eigenvalue weighted by molar-refractivity contribution is 5.84. The number of nitrogens with zero attached hydrogens (tertiary/aromatic N) is 1. The Labute approximate surface area is 129 Å². The molecule has 1 saturated heterocycles. The van der Waals surface area contributed by atoms with Crippen molar-refractivity contribution in [2.75, 3.05) is 13.7 Å². The molecule has 0 saturated carbocycles. The van der Waals surface area contributed by atoms with Crippen molar-refractivity contribution in [2.24, 2.45) is 5.41 Å². The van der Waals surface area contributed by atoms with Gasteiger partial charge < -0.3 is 14.8 Å². The standard InChI is InChI=1S/C14H23N3O5/c1-6-7-9(11(18)21-5)15-12(19)16-17-10(14(2,3)4)8-22-13(17)20/h6,9-10H,1,7-8H2,2-5H3,(H2,15,16,19)/t9?,10-/m1/s1. The molecule has 3 amide bonds. The molecule has 124 valence electrons. The highest BCUT2D eigenvalue weighted by Crippen LogP contribution is 2.27. The van der Waals surface area contributed by atoms with Crippen LogP contribution in [0.5, 0.6) is 0 Å². The summed E-state index contributed by atoms with van der Waals surface area (Å²) in [6.45, 7) is 9.51. The Hall–Kier alpha value is -2.25. The quantitative estimate of drug-likeness (QED) is 0.587. The number of carbonyl (C=O) groups excluding carboxylic acids is 3. The molecule has 0 aliphatic carbocycles. The van der Waals surface area contributed by atoms with Gasteiger partial charge in [0.1, 0.15) is 12.6 Å². The predicted molar refractivity (Wildman–Crippen MR) is 78.7 cm³/mol. The number of hydrazine groups is 1. The van der Waals surface area contributed by atoms with Crippen molar-refractivity contribution in [3.63, 3.8) is 0 Å². The van der Waals surface area contributed by atoms with Crippen molar-refractivity contribution in [1.29, 1.82) is 0 Å². The maximum Gasteiger partial charge on any atom is 0.429 e. The van der Waals surface area contributed by atoms with Gasteiger partial charge in [-0.25, -0.2) is 24.8 Å². The number of amides is 3. The molecule has 0 aromatic carbocycles. The molecule has 0 spiro atoms. The Morgan fingerprint density at radius 3 is 2.68 bits per heavy atom. The number of hydrogen-bond acceptors (Lipinski definition) is 5. The summed E-state index contributed by atoms with van der Waals surface area (Å²) in [5.74, 6) is -0.591. The number of carbonyl (C=O) groups is 3. The molecular formula is C14H23N3O5. The van der Waals surface area contributed by atoms with Crippen LogP contribution in [0.1, 0.15) is 27.2 Å². The van der Waals surface area contributed by atoms with E-state index in [2.05, 4.69) is 22.1 Å². The van der Waals surface area contributed by atoms with Crippen LogP contribution in [-0.2, 0) is 14.3 Å². The first-order chi connectivity index (χ1) is 10.2. The minimum atomic E-state index is -0.866. The zero-order valence-electron chi connectivity index (χ0n) is 13.3. The Kier molecular flexibility index (Phi) is 5.78. The largest absolute Gasteiger partial charge is 0.467 e. The summed E-state index contributed by atoms with van der Waals surface area (Å²) >= 11 is 0. The fourth-order valence-corrected chi connectivity index (χ4v) is 2.01. The molecule has 0 aromatic rings. The van der Waals surface area contributed by atoms with E-state index < -0.39 is 24.1 Å². The Bertz CT molecular complexity index is 458. The van der Waals surface area contributed by atoms with E-state index in [0.29, 0.717) is 0 Å². The predicted octanol–water partition coefficient (Wildman–Crippen LogP) is 1.19. The molecule has 8 nitrogen and oxygen atoms in total. The molecule has 2 atom stereocenters. The van der Waals surface area contributed by atoms with Gasteiger partial charge in [-0.15, -0.1) is 6.58 Å². The number of cyclic esters (lactones) is 1. The first kappa shape index (κ1) is 17.8. The van der Waals surface area contributed by atoms with Gasteiger partial charge in [0.25, 0.3) is 0 Å².